The summed E-state index contributed by atoms with van der Waals surface area (Å²) in [6, 6.07) is 5.16. The second-order valence-corrected chi connectivity index (χ2v) is 5.25. The van der Waals surface area contributed by atoms with Crippen molar-refractivity contribution in [2.24, 2.45) is 5.73 Å². The molecule has 1 aliphatic rings. The lowest BCUT2D eigenvalue weighted by atomic mass is 9.98. The molecule has 1 heterocycles. The van der Waals surface area contributed by atoms with Crippen LogP contribution >= 0.6 is 11.6 Å². The van der Waals surface area contributed by atoms with E-state index in [0.717, 1.165) is 32.2 Å². The number of hydrogen-bond acceptors (Lipinski definition) is 4. The van der Waals surface area contributed by atoms with E-state index in [9.17, 15) is 10.1 Å². The molecule has 19 heavy (non-hydrogen) atoms. The summed E-state index contributed by atoms with van der Waals surface area (Å²) in [7, 11) is 0. The number of nitrogens with zero attached hydrogens (tertiary/aromatic N) is 2. The predicted octanol–water partition coefficient (Wildman–Crippen LogP) is 2.96. The summed E-state index contributed by atoms with van der Waals surface area (Å²) in [6.07, 6.45) is 4.11. The third kappa shape index (κ3) is 3.16. The van der Waals surface area contributed by atoms with E-state index < -0.39 is 0 Å². The van der Waals surface area contributed by atoms with Gasteiger partial charge in [0.2, 0.25) is 0 Å². The van der Waals surface area contributed by atoms with Gasteiger partial charge >= 0.3 is 0 Å². The second kappa shape index (κ2) is 6.21. The molecule has 1 aromatic rings. The van der Waals surface area contributed by atoms with Gasteiger partial charge < -0.3 is 10.6 Å². The Morgan fingerprint density at radius 1 is 1.47 bits per heavy atom. The van der Waals surface area contributed by atoms with Crippen molar-refractivity contribution in [1.29, 1.82) is 0 Å². The molecule has 0 spiro atoms. The molecule has 1 aliphatic heterocycles. The van der Waals surface area contributed by atoms with Gasteiger partial charge in [-0.2, -0.15) is 0 Å². The van der Waals surface area contributed by atoms with Gasteiger partial charge in [-0.1, -0.05) is 11.6 Å². The van der Waals surface area contributed by atoms with Gasteiger partial charge in [-0.3, -0.25) is 10.1 Å². The molecule has 1 atom stereocenters. The monoisotopic (exact) mass is 283 g/mol. The topological polar surface area (TPSA) is 72.4 Å². The van der Waals surface area contributed by atoms with Crippen LogP contribution in [0.1, 0.15) is 25.7 Å². The molecule has 0 radical (unpaired) electrons. The number of anilines is 1. The molecular formula is C13H18ClN3O2. The molecular weight excluding hydrogens is 266 g/mol. The van der Waals surface area contributed by atoms with Crippen LogP contribution in [0.2, 0.25) is 5.02 Å². The SMILES string of the molecule is NCCC1CCCCN1c1ccc(Cl)cc1[N+](=O)[O-]. The molecule has 104 valence electrons. The van der Waals surface area contributed by atoms with Crippen molar-refractivity contribution in [1.82, 2.24) is 0 Å². The van der Waals surface area contributed by atoms with E-state index in [2.05, 4.69) is 4.90 Å². The zero-order valence-corrected chi connectivity index (χ0v) is 11.5. The Morgan fingerprint density at radius 2 is 2.26 bits per heavy atom. The average molecular weight is 284 g/mol. The summed E-state index contributed by atoms with van der Waals surface area (Å²) >= 11 is 5.85. The van der Waals surface area contributed by atoms with Crippen LogP contribution in [-0.2, 0) is 0 Å². The predicted molar refractivity (Wildman–Crippen MR) is 76.8 cm³/mol. The first kappa shape index (κ1) is 14.1. The lowest BCUT2D eigenvalue weighted by molar-refractivity contribution is -0.384. The van der Waals surface area contributed by atoms with Crippen LogP contribution in [0.5, 0.6) is 0 Å². The number of nitro benzene ring substituents is 1. The van der Waals surface area contributed by atoms with Crippen molar-refractivity contribution in [3.05, 3.63) is 33.3 Å². The largest absolute Gasteiger partial charge is 0.363 e. The van der Waals surface area contributed by atoms with E-state index in [1.54, 1.807) is 12.1 Å². The quantitative estimate of drug-likeness (QED) is 0.681. The highest BCUT2D eigenvalue weighted by atomic mass is 35.5. The number of halogens is 1. The zero-order valence-electron chi connectivity index (χ0n) is 10.7. The fourth-order valence-electron chi connectivity index (χ4n) is 2.70. The Balaban J connectivity index is 2.35. The highest BCUT2D eigenvalue weighted by Gasteiger charge is 2.27. The summed E-state index contributed by atoms with van der Waals surface area (Å²) in [5, 5.41) is 11.6. The first-order chi connectivity index (χ1) is 9.13. The number of rotatable bonds is 4. The number of benzene rings is 1. The van der Waals surface area contributed by atoms with Crippen LogP contribution in [0.15, 0.2) is 18.2 Å². The minimum absolute atomic E-state index is 0.0800. The molecule has 1 aromatic carbocycles. The van der Waals surface area contributed by atoms with Crippen molar-refractivity contribution in [2.75, 3.05) is 18.0 Å². The van der Waals surface area contributed by atoms with Crippen LogP contribution in [0.3, 0.4) is 0 Å². The van der Waals surface area contributed by atoms with Gasteiger partial charge in [0.05, 0.1) is 4.92 Å². The summed E-state index contributed by atoms with van der Waals surface area (Å²) in [5.74, 6) is 0. The van der Waals surface area contributed by atoms with Crippen molar-refractivity contribution in [3.63, 3.8) is 0 Å². The average Bonchev–Trinajstić information content (AvgIpc) is 2.40. The van der Waals surface area contributed by atoms with E-state index in [1.807, 2.05) is 0 Å². The number of hydrogen-bond donors (Lipinski definition) is 1. The van der Waals surface area contributed by atoms with Gasteiger partial charge in [-0.15, -0.1) is 0 Å². The van der Waals surface area contributed by atoms with E-state index in [-0.39, 0.29) is 10.6 Å². The summed E-state index contributed by atoms with van der Waals surface area (Å²) in [6.45, 7) is 1.44. The van der Waals surface area contributed by atoms with Crippen LogP contribution in [0, 0.1) is 10.1 Å². The maximum absolute atomic E-state index is 11.2. The minimum atomic E-state index is -0.366. The van der Waals surface area contributed by atoms with Gasteiger partial charge in [-0.05, 0) is 44.4 Å². The smallest absolute Gasteiger partial charge is 0.294 e. The van der Waals surface area contributed by atoms with Gasteiger partial charge in [0.25, 0.3) is 5.69 Å². The lowest BCUT2D eigenvalue weighted by Gasteiger charge is -2.37. The molecule has 6 heteroatoms. The maximum atomic E-state index is 11.2. The molecule has 2 rings (SSSR count). The zero-order chi connectivity index (χ0) is 13.8. The lowest BCUT2D eigenvalue weighted by Crippen LogP contribution is -2.41. The number of nitro groups is 1. The van der Waals surface area contributed by atoms with Gasteiger partial charge in [-0.25, -0.2) is 0 Å². The van der Waals surface area contributed by atoms with Gasteiger partial charge in [0.15, 0.2) is 0 Å². The van der Waals surface area contributed by atoms with E-state index in [0.29, 0.717) is 23.3 Å². The molecule has 0 amide bonds. The minimum Gasteiger partial charge on any atom is -0.363 e. The third-order valence-electron chi connectivity index (χ3n) is 3.57. The Labute approximate surface area is 117 Å². The van der Waals surface area contributed by atoms with Crippen molar-refractivity contribution < 1.29 is 4.92 Å². The Bertz CT molecular complexity index is 465. The van der Waals surface area contributed by atoms with Gasteiger partial charge in [0, 0.05) is 23.7 Å². The molecule has 0 aliphatic carbocycles. The summed E-state index contributed by atoms with van der Waals surface area (Å²) < 4.78 is 0. The highest BCUT2D eigenvalue weighted by Crippen LogP contribution is 2.35. The van der Waals surface area contributed by atoms with Crippen LogP contribution in [0.4, 0.5) is 11.4 Å². The Hall–Kier alpha value is -1.33. The molecule has 1 fully saturated rings. The van der Waals surface area contributed by atoms with E-state index in [4.69, 9.17) is 17.3 Å². The summed E-state index contributed by atoms with van der Waals surface area (Å²) in [5.41, 5.74) is 6.38. The van der Waals surface area contributed by atoms with E-state index in [1.165, 1.54) is 6.07 Å². The molecule has 5 nitrogen and oxygen atoms in total. The fourth-order valence-corrected chi connectivity index (χ4v) is 2.86. The van der Waals surface area contributed by atoms with Crippen molar-refractivity contribution in [3.8, 4) is 0 Å². The number of nitrogens with two attached hydrogens (primary N) is 1. The Morgan fingerprint density at radius 3 is 2.95 bits per heavy atom. The Kier molecular flexibility index (Phi) is 4.61. The van der Waals surface area contributed by atoms with Crippen LogP contribution in [-0.4, -0.2) is 24.1 Å². The summed E-state index contributed by atoms with van der Waals surface area (Å²) in [4.78, 5) is 12.9. The van der Waals surface area contributed by atoms with Crippen LogP contribution < -0.4 is 10.6 Å². The van der Waals surface area contributed by atoms with Crippen LogP contribution in [0.25, 0.3) is 0 Å². The van der Waals surface area contributed by atoms with Crippen molar-refractivity contribution >= 4 is 23.0 Å². The molecule has 0 bridgehead atoms. The molecule has 0 aromatic heterocycles. The molecule has 1 unspecified atom stereocenters. The standard InChI is InChI=1S/C13H18ClN3O2/c14-10-4-5-12(13(9-10)17(18)19)16-8-2-1-3-11(16)6-7-15/h4-5,9,11H,1-3,6-8,15H2. The number of piperidine rings is 1. The van der Waals surface area contributed by atoms with E-state index >= 15 is 0 Å². The fraction of sp³-hybridized carbons (Fsp3) is 0.538. The van der Waals surface area contributed by atoms with Crippen molar-refractivity contribution in [2.45, 2.75) is 31.7 Å². The van der Waals surface area contributed by atoms with Gasteiger partial charge in [0.1, 0.15) is 5.69 Å². The highest BCUT2D eigenvalue weighted by molar-refractivity contribution is 6.30. The third-order valence-corrected chi connectivity index (χ3v) is 3.81. The normalized spacial score (nSPS) is 19.5. The second-order valence-electron chi connectivity index (χ2n) is 4.81. The first-order valence-corrected chi connectivity index (χ1v) is 6.92. The first-order valence-electron chi connectivity index (χ1n) is 6.54. The molecule has 1 saturated heterocycles. The molecule has 2 N–H and O–H groups in total. The maximum Gasteiger partial charge on any atom is 0.294 e. The molecule has 0 saturated carbocycles.